The van der Waals surface area contributed by atoms with Crippen LogP contribution in [0.3, 0.4) is 0 Å². The van der Waals surface area contributed by atoms with Crippen molar-refractivity contribution in [2.75, 3.05) is 12.8 Å². The molecule has 0 saturated carbocycles. The van der Waals surface area contributed by atoms with Crippen LogP contribution < -0.4 is 5.73 Å². The minimum Gasteiger partial charge on any atom is -0.464 e. The van der Waals surface area contributed by atoms with Crippen LogP contribution in [0.15, 0.2) is 42.6 Å². The number of aryl methyl sites for hydroxylation is 1. The zero-order chi connectivity index (χ0) is 16.6. The van der Waals surface area contributed by atoms with Crippen LogP contribution in [0.1, 0.15) is 21.6 Å². The number of esters is 1. The molecule has 0 bridgehead atoms. The molecule has 3 rings (SSSR count). The topological polar surface area (TPSA) is 81.0 Å². The van der Waals surface area contributed by atoms with E-state index < -0.39 is 5.97 Å². The monoisotopic (exact) mass is 305 g/mol. The highest BCUT2D eigenvalue weighted by Crippen LogP contribution is 2.30. The Balaban J connectivity index is 2.39. The van der Waals surface area contributed by atoms with Crippen LogP contribution in [0.25, 0.3) is 16.5 Å². The first-order valence-electron chi connectivity index (χ1n) is 7.06. The number of nitriles is 1. The van der Waals surface area contributed by atoms with E-state index in [1.165, 1.54) is 7.11 Å². The van der Waals surface area contributed by atoms with E-state index in [2.05, 4.69) is 0 Å². The minimum atomic E-state index is -0.575. The first-order chi connectivity index (χ1) is 11.1. The molecule has 1 heterocycles. The summed E-state index contributed by atoms with van der Waals surface area (Å²) in [5, 5.41) is 11.3. The number of hydrogen-bond acceptors (Lipinski definition) is 4. The van der Waals surface area contributed by atoms with Crippen LogP contribution in [0.2, 0.25) is 0 Å². The van der Waals surface area contributed by atoms with Crippen LogP contribution >= 0.6 is 0 Å². The van der Waals surface area contributed by atoms with Crippen molar-refractivity contribution in [2.24, 2.45) is 0 Å². The van der Waals surface area contributed by atoms with Gasteiger partial charge in [0.1, 0.15) is 6.07 Å². The van der Waals surface area contributed by atoms with Crippen LogP contribution in [0.5, 0.6) is 0 Å². The number of carbonyl (C=O) groups excluding carboxylic acids is 1. The minimum absolute atomic E-state index is 0.129. The highest BCUT2D eigenvalue weighted by molar-refractivity contribution is 5.99. The van der Waals surface area contributed by atoms with E-state index >= 15 is 0 Å². The summed E-state index contributed by atoms with van der Waals surface area (Å²) in [6.07, 6.45) is 1.57. The molecule has 0 spiro atoms. The lowest BCUT2D eigenvalue weighted by molar-refractivity contribution is 0.0593. The smallest absolute Gasteiger partial charge is 0.357 e. The number of nitrogens with zero attached hydrogens (tertiary/aromatic N) is 2. The number of ether oxygens (including phenoxy) is 1. The number of nitrogen functional groups attached to an aromatic ring is 1. The summed E-state index contributed by atoms with van der Waals surface area (Å²) < 4.78 is 6.45. The quantitative estimate of drug-likeness (QED) is 0.737. The number of nitrogens with two attached hydrogens (primary N) is 1. The molecule has 0 radical (unpaired) electrons. The number of benzene rings is 2. The van der Waals surface area contributed by atoms with Gasteiger partial charge in [0.2, 0.25) is 0 Å². The Morgan fingerprint density at radius 2 is 1.91 bits per heavy atom. The first kappa shape index (κ1) is 14.7. The molecule has 114 valence electrons. The second-order valence-electron chi connectivity index (χ2n) is 5.23. The number of rotatable bonds is 2. The van der Waals surface area contributed by atoms with E-state index in [0.717, 1.165) is 22.0 Å². The van der Waals surface area contributed by atoms with Gasteiger partial charge in [-0.25, -0.2) is 4.79 Å². The molecule has 1 aromatic heterocycles. The Morgan fingerprint density at radius 3 is 2.57 bits per heavy atom. The summed E-state index contributed by atoms with van der Waals surface area (Å²) in [7, 11) is 1.29. The number of anilines is 1. The summed E-state index contributed by atoms with van der Waals surface area (Å²) in [6.45, 7) is 2.03. The third-order valence-corrected chi connectivity index (χ3v) is 3.92. The molecule has 0 aliphatic rings. The van der Waals surface area contributed by atoms with Gasteiger partial charge in [0.25, 0.3) is 0 Å². The predicted molar refractivity (Wildman–Crippen MR) is 88.5 cm³/mol. The van der Waals surface area contributed by atoms with Gasteiger partial charge in [-0.2, -0.15) is 5.26 Å². The maximum absolute atomic E-state index is 12.1. The predicted octanol–water partition coefficient (Wildman–Crippen LogP) is 3.18. The van der Waals surface area contributed by atoms with E-state index in [0.29, 0.717) is 0 Å². The fourth-order valence-electron chi connectivity index (χ4n) is 2.75. The van der Waals surface area contributed by atoms with E-state index in [1.807, 2.05) is 49.4 Å². The van der Waals surface area contributed by atoms with Gasteiger partial charge in [-0.3, -0.25) is 0 Å². The Labute approximate surface area is 133 Å². The molecule has 3 aromatic rings. The Hall–Kier alpha value is -3.26. The highest BCUT2D eigenvalue weighted by atomic mass is 16.5. The van der Waals surface area contributed by atoms with Crippen molar-refractivity contribution in [3.63, 3.8) is 0 Å². The van der Waals surface area contributed by atoms with Gasteiger partial charge in [0, 0.05) is 11.6 Å². The van der Waals surface area contributed by atoms with Gasteiger partial charge in [-0.15, -0.1) is 0 Å². The SMILES string of the molecule is COC(=O)c1c(N)c(C#N)cn1-c1ccc(C)c2ccccc12. The zero-order valence-electron chi connectivity index (χ0n) is 12.8. The van der Waals surface area contributed by atoms with E-state index in [1.54, 1.807) is 10.8 Å². The normalized spacial score (nSPS) is 10.5. The van der Waals surface area contributed by atoms with Gasteiger partial charge >= 0.3 is 5.97 Å². The largest absolute Gasteiger partial charge is 0.464 e. The van der Waals surface area contributed by atoms with Crippen molar-refractivity contribution in [3.8, 4) is 11.8 Å². The van der Waals surface area contributed by atoms with E-state index in [-0.39, 0.29) is 16.9 Å². The molecule has 0 atom stereocenters. The molecule has 23 heavy (non-hydrogen) atoms. The molecule has 0 unspecified atom stereocenters. The van der Waals surface area contributed by atoms with E-state index in [9.17, 15) is 10.1 Å². The van der Waals surface area contributed by atoms with Gasteiger partial charge < -0.3 is 15.0 Å². The average Bonchev–Trinajstić information content (AvgIpc) is 2.91. The summed E-state index contributed by atoms with van der Waals surface area (Å²) in [6, 6.07) is 13.8. The molecule has 0 amide bonds. The molecule has 0 fully saturated rings. The fraction of sp³-hybridized carbons (Fsp3) is 0.111. The number of hydrogen-bond donors (Lipinski definition) is 1. The molecule has 0 aliphatic heterocycles. The van der Waals surface area contributed by atoms with Crippen LogP contribution in [-0.2, 0) is 4.74 Å². The number of fused-ring (bicyclic) bond motifs is 1. The van der Waals surface area contributed by atoms with Crippen molar-refractivity contribution in [3.05, 3.63) is 59.4 Å². The lowest BCUT2D eigenvalue weighted by atomic mass is 10.0. The summed E-state index contributed by atoms with van der Waals surface area (Å²) in [5.41, 5.74) is 8.40. The molecule has 2 aromatic carbocycles. The highest BCUT2D eigenvalue weighted by Gasteiger charge is 2.22. The third-order valence-electron chi connectivity index (χ3n) is 3.92. The van der Waals surface area contributed by atoms with Crippen molar-refractivity contribution in [1.29, 1.82) is 5.26 Å². The van der Waals surface area contributed by atoms with Crippen LogP contribution in [0.4, 0.5) is 5.69 Å². The third kappa shape index (κ3) is 2.21. The number of carbonyl (C=O) groups is 1. The average molecular weight is 305 g/mol. The lowest BCUT2D eigenvalue weighted by Gasteiger charge is -2.13. The molecule has 0 aliphatic carbocycles. The number of methoxy groups -OCH3 is 1. The maximum Gasteiger partial charge on any atom is 0.357 e. The molecular weight excluding hydrogens is 290 g/mol. The molecule has 2 N–H and O–H groups in total. The summed E-state index contributed by atoms with van der Waals surface area (Å²) >= 11 is 0. The van der Waals surface area contributed by atoms with Crippen LogP contribution in [0, 0.1) is 18.3 Å². The van der Waals surface area contributed by atoms with Gasteiger partial charge in [-0.05, 0) is 23.9 Å². The van der Waals surface area contributed by atoms with Gasteiger partial charge in [0.15, 0.2) is 5.69 Å². The van der Waals surface area contributed by atoms with Crippen LogP contribution in [-0.4, -0.2) is 17.6 Å². The molecular formula is C18H15N3O2. The summed E-state index contributed by atoms with van der Waals surface area (Å²) in [4.78, 5) is 12.1. The Morgan fingerprint density at radius 1 is 1.22 bits per heavy atom. The fourth-order valence-corrected chi connectivity index (χ4v) is 2.75. The Bertz CT molecular complexity index is 964. The number of aromatic nitrogens is 1. The second-order valence-corrected chi connectivity index (χ2v) is 5.23. The van der Waals surface area contributed by atoms with Crippen molar-refractivity contribution < 1.29 is 9.53 Å². The van der Waals surface area contributed by atoms with E-state index in [4.69, 9.17) is 10.5 Å². The second kappa shape index (κ2) is 5.50. The first-order valence-corrected chi connectivity index (χ1v) is 7.06. The standard InChI is InChI=1S/C18H15N3O2/c1-11-7-8-15(14-6-4-3-5-13(11)14)21-10-12(9-19)16(20)17(21)18(22)23-2/h3-8,10H,20H2,1-2H3. The summed E-state index contributed by atoms with van der Waals surface area (Å²) in [5.74, 6) is -0.575. The maximum atomic E-state index is 12.1. The van der Waals surface area contributed by atoms with Gasteiger partial charge in [0.05, 0.1) is 24.0 Å². The Kier molecular flexibility index (Phi) is 3.51. The zero-order valence-corrected chi connectivity index (χ0v) is 12.8. The molecule has 0 saturated heterocycles. The lowest BCUT2D eigenvalue weighted by Crippen LogP contribution is -2.11. The molecule has 5 heteroatoms. The molecule has 5 nitrogen and oxygen atoms in total. The van der Waals surface area contributed by atoms with Crippen molar-refractivity contribution >= 4 is 22.4 Å². The van der Waals surface area contributed by atoms with Gasteiger partial charge in [-0.1, -0.05) is 30.3 Å². The van der Waals surface area contributed by atoms with Crippen molar-refractivity contribution in [1.82, 2.24) is 4.57 Å². The van der Waals surface area contributed by atoms with Crippen molar-refractivity contribution in [2.45, 2.75) is 6.92 Å².